The van der Waals surface area contributed by atoms with E-state index in [9.17, 15) is 26.4 Å². The normalized spacial score (nSPS) is 16.7. The smallest absolute Gasteiger partial charge is 0.406 e. The average molecular weight is 529 g/mol. The van der Waals surface area contributed by atoms with Crippen LogP contribution in [-0.2, 0) is 14.8 Å². The molecule has 2 aromatic rings. The minimum Gasteiger partial charge on any atom is -0.406 e. The fourth-order valence-corrected chi connectivity index (χ4v) is 5.34. The van der Waals surface area contributed by atoms with E-state index in [2.05, 4.69) is 25.1 Å². The monoisotopic (exact) mass is 528 g/mol. The predicted octanol–water partition coefficient (Wildman–Crippen LogP) is 4.21. The number of pyridine rings is 1. The summed E-state index contributed by atoms with van der Waals surface area (Å²) in [7, 11) is -3.94. The van der Waals surface area contributed by atoms with Crippen LogP contribution in [-0.4, -0.2) is 44.3 Å². The highest BCUT2D eigenvalue weighted by Crippen LogP contribution is 2.28. The standard InChI is InChI=1S/C24H31F3N4O4S/c1-17(15-29-19-9-11-20(12-10-19)35-24(25,26)27)30-23(32)22(14-18-6-3-2-4-7-18)31-36(33,34)21-8-5-13-28-16-21/h5,8-13,16-18,22,29,31H,2-4,6-7,14-15H2,1H3,(H,30,32)/t17?,22-/m0/s1. The number of ether oxygens (including phenoxy) is 1. The maximum atomic E-state index is 13.1. The molecule has 12 heteroatoms. The third-order valence-corrected chi connectivity index (χ3v) is 7.40. The van der Waals surface area contributed by atoms with E-state index in [1.807, 2.05) is 0 Å². The highest BCUT2D eigenvalue weighted by molar-refractivity contribution is 7.89. The van der Waals surface area contributed by atoms with Crippen LogP contribution in [0.3, 0.4) is 0 Å². The maximum Gasteiger partial charge on any atom is 0.573 e. The van der Waals surface area contributed by atoms with Crippen molar-refractivity contribution in [3.63, 3.8) is 0 Å². The molecule has 1 aromatic heterocycles. The molecule has 8 nitrogen and oxygen atoms in total. The molecule has 0 radical (unpaired) electrons. The Hall–Kier alpha value is -2.86. The van der Waals surface area contributed by atoms with Gasteiger partial charge >= 0.3 is 6.36 Å². The van der Waals surface area contributed by atoms with Gasteiger partial charge in [-0.3, -0.25) is 9.78 Å². The van der Waals surface area contributed by atoms with E-state index < -0.39 is 28.3 Å². The lowest BCUT2D eigenvalue weighted by Gasteiger charge is -2.27. The predicted molar refractivity (Wildman–Crippen MR) is 129 cm³/mol. The first kappa shape index (κ1) is 27.7. The fraction of sp³-hybridized carbons (Fsp3) is 0.500. The summed E-state index contributed by atoms with van der Waals surface area (Å²) in [6, 6.07) is 6.84. The van der Waals surface area contributed by atoms with Gasteiger partial charge in [0.15, 0.2) is 0 Å². The summed E-state index contributed by atoms with van der Waals surface area (Å²) in [6.07, 6.45) is 3.48. The van der Waals surface area contributed by atoms with Crippen molar-refractivity contribution in [2.75, 3.05) is 11.9 Å². The zero-order valence-electron chi connectivity index (χ0n) is 19.9. The first-order chi connectivity index (χ1) is 17.0. The van der Waals surface area contributed by atoms with Crippen molar-refractivity contribution in [3.05, 3.63) is 48.8 Å². The van der Waals surface area contributed by atoms with Gasteiger partial charge in [-0.05, 0) is 55.7 Å². The highest BCUT2D eigenvalue weighted by Gasteiger charge is 2.31. The van der Waals surface area contributed by atoms with Crippen molar-refractivity contribution in [3.8, 4) is 5.75 Å². The van der Waals surface area contributed by atoms with Crippen molar-refractivity contribution in [2.24, 2.45) is 5.92 Å². The van der Waals surface area contributed by atoms with Crippen LogP contribution in [0.15, 0.2) is 53.7 Å². The minimum absolute atomic E-state index is 0.0147. The summed E-state index contributed by atoms with van der Waals surface area (Å²) in [5, 5.41) is 5.87. The number of sulfonamides is 1. The Kier molecular flexibility index (Phi) is 9.55. The second-order valence-corrected chi connectivity index (χ2v) is 10.7. The largest absolute Gasteiger partial charge is 0.573 e. The van der Waals surface area contributed by atoms with E-state index in [1.54, 1.807) is 6.92 Å². The van der Waals surface area contributed by atoms with Gasteiger partial charge in [0.1, 0.15) is 16.7 Å². The molecule has 1 aromatic carbocycles. The average Bonchev–Trinajstić information content (AvgIpc) is 2.83. The number of amides is 1. The van der Waals surface area contributed by atoms with Crippen LogP contribution in [0, 0.1) is 5.92 Å². The van der Waals surface area contributed by atoms with Crippen LogP contribution in [0.5, 0.6) is 5.75 Å². The van der Waals surface area contributed by atoms with Crippen molar-refractivity contribution in [1.29, 1.82) is 0 Å². The second-order valence-electron chi connectivity index (χ2n) is 8.97. The molecule has 1 heterocycles. The van der Waals surface area contributed by atoms with Crippen LogP contribution in [0.2, 0.25) is 0 Å². The summed E-state index contributed by atoms with van der Waals surface area (Å²) in [6.45, 7) is 2.02. The molecule has 36 heavy (non-hydrogen) atoms. The van der Waals surface area contributed by atoms with Crippen LogP contribution in [0.1, 0.15) is 45.4 Å². The zero-order chi connectivity index (χ0) is 26.2. The van der Waals surface area contributed by atoms with E-state index in [0.29, 0.717) is 12.1 Å². The number of nitrogens with one attached hydrogen (secondary N) is 3. The van der Waals surface area contributed by atoms with Crippen LogP contribution in [0.25, 0.3) is 0 Å². The molecule has 1 saturated carbocycles. The Balaban J connectivity index is 1.60. The van der Waals surface area contributed by atoms with Crippen LogP contribution >= 0.6 is 0 Å². The maximum absolute atomic E-state index is 13.1. The summed E-state index contributed by atoms with van der Waals surface area (Å²) in [4.78, 5) is 17.0. The number of aromatic nitrogens is 1. The lowest BCUT2D eigenvalue weighted by atomic mass is 9.85. The fourth-order valence-electron chi connectivity index (χ4n) is 4.17. The molecule has 1 aliphatic carbocycles. The molecule has 0 bridgehead atoms. The topological polar surface area (TPSA) is 109 Å². The Bertz CT molecular complexity index is 1080. The lowest BCUT2D eigenvalue weighted by Crippen LogP contribution is -2.51. The molecular formula is C24H31F3N4O4S. The molecule has 1 aliphatic rings. The number of benzene rings is 1. The third-order valence-electron chi connectivity index (χ3n) is 5.94. The Morgan fingerprint density at radius 3 is 2.44 bits per heavy atom. The van der Waals surface area contributed by atoms with Crippen molar-refractivity contribution in [1.82, 2.24) is 15.0 Å². The van der Waals surface area contributed by atoms with Crippen molar-refractivity contribution in [2.45, 2.75) is 68.8 Å². The number of hydrogen-bond donors (Lipinski definition) is 3. The van der Waals surface area contributed by atoms with E-state index in [1.165, 1.54) is 48.8 Å². The quantitative estimate of drug-likeness (QED) is 0.403. The second kappa shape index (κ2) is 12.4. The zero-order valence-corrected chi connectivity index (χ0v) is 20.7. The van der Waals surface area contributed by atoms with Gasteiger partial charge in [0.05, 0.1) is 0 Å². The van der Waals surface area contributed by atoms with Crippen molar-refractivity contribution < 1.29 is 31.1 Å². The number of hydrogen-bond acceptors (Lipinski definition) is 6. The van der Waals surface area contributed by atoms with Gasteiger partial charge in [0.25, 0.3) is 0 Å². The van der Waals surface area contributed by atoms with Gasteiger partial charge in [-0.15, -0.1) is 13.2 Å². The van der Waals surface area contributed by atoms with Gasteiger partial charge in [0.2, 0.25) is 15.9 Å². The lowest BCUT2D eigenvalue weighted by molar-refractivity contribution is -0.274. The number of alkyl halides is 3. The number of carbonyl (C=O) groups excluding carboxylic acids is 1. The Labute approximate surface area is 209 Å². The van der Waals surface area contributed by atoms with Crippen molar-refractivity contribution >= 4 is 21.6 Å². The molecule has 2 atom stereocenters. The third kappa shape index (κ3) is 8.98. The van der Waals surface area contributed by atoms with E-state index >= 15 is 0 Å². The van der Waals surface area contributed by atoms with E-state index in [0.717, 1.165) is 32.1 Å². The number of carbonyl (C=O) groups is 1. The Morgan fingerprint density at radius 2 is 1.83 bits per heavy atom. The highest BCUT2D eigenvalue weighted by atomic mass is 32.2. The molecule has 0 saturated heterocycles. The minimum atomic E-state index is -4.76. The molecular weight excluding hydrogens is 497 g/mol. The summed E-state index contributed by atoms with van der Waals surface area (Å²) in [5.74, 6) is -0.519. The molecule has 3 N–H and O–H groups in total. The van der Waals surface area contributed by atoms with Gasteiger partial charge in [-0.25, -0.2) is 8.42 Å². The molecule has 1 fully saturated rings. The molecule has 0 spiro atoms. The van der Waals surface area contributed by atoms with Crippen LogP contribution < -0.4 is 20.1 Å². The van der Waals surface area contributed by atoms with Gasteiger partial charge < -0.3 is 15.4 Å². The molecule has 0 aliphatic heterocycles. The number of anilines is 1. The number of nitrogens with zero attached hydrogens (tertiary/aromatic N) is 1. The molecule has 198 valence electrons. The number of rotatable bonds is 11. The summed E-state index contributed by atoms with van der Waals surface area (Å²) >= 11 is 0. The van der Waals surface area contributed by atoms with E-state index in [-0.39, 0.29) is 29.1 Å². The Morgan fingerprint density at radius 1 is 1.14 bits per heavy atom. The van der Waals surface area contributed by atoms with Gasteiger partial charge in [-0.2, -0.15) is 4.72 Å². The number of halogens is 3. The SMILES string of the molecule is CC(CNc1ccc(OC(F)(F)F)cc1)NC(=O)[C@H](CC1CCCCC1)NS(=O)(=O)c1cccnc1. The van der Waals surface area contributed by atoms with Gasteiger partial charge in [0, 0.05) is 30.7 Å². The summed E-state index contributed by atoms with van der Waals surface area (Å²) < 4.78 is 69.1. The van der Waals surface area contributed by atoms with Crippen LogP contribution in [0.4, 0.5) is 18.9 Å². The first-order valence-corrected chi connectivity index (χ1v) is 13.3. The van der Waals surface area contributed by atoms with E-state index in [4.69, 9.17) is 0 Å². The molecule has 1 unspecified atom stereocenters. The first-order valence-electron chi connectivity index (χ1n) is 11.8. The molecule has 3 rings (SSSR count). The van der Waals surface area contributed by atoms with Gasteiger partial charge in [-0.1, -0.05) is 32.1 Å². The molecule has 1 amide bonds. The summed E-state index contributed by atoms with van der Waals surface area (Å²) in [5.41, 5.74) is 0.543.